The van der Waals surface area contributed by atoms with E-state index in [1.165, 1.54) is 4.90 Å². The number of nitrogens with zero attached hydrogens (tertiary/aromatic N) is 1. The van der Waals surface area contributed by atoms with Crippen LogP contribution in [0, 0.1) is 11.8 Å². The van der Waals surface area contributed by atoms with E-state index in [-0.39, 0.29) is 35.9 Å². The lowest BCUT2D eigenvalue weighted by molar-refractivity contribution is -0.142. The van der Waals surface area contributed by atoms with Gasteiger partial charge in [-0.2, -0.15) is 0 Å². The van der Waals surface area contributed by atoms with Gasteiger partial charge in [-0.1, -0.05) is 19.1 Å². The molecule has 15 heavy (non-hydrogen) atoms. The standard InChI is InChI=1S/C11H13NO3/c1-2-5-12-10(13)8-6-3-4-7(15-6)9(8)11(12)14/h3-4,6-9H,2,5H2,1H3/t6-,7+,8-,9+. The van der Waals surface area contributed by atoms with Crippen LogP contribution in [0.2, 0.25) is 0 Å². The van der Waals surface area contributed by atoms with E-state index in [4.69, 9.17) is 4.74 Å². The first kappa shape index (κ1) is 9.09. The molecule has 4 atom stereocenters. The molecule has 0 N–H and O–H groups in total. The third-order valence-electron chi connectivity index (χ3n) is 3.45. The van der Waals surface area contributed by atoms with Crippen LogP contribution in [0.15, 0.2) is 12.2 Å². The van der Waals surface area contributed by atoms with Crippen LogP contribution in [0.5, 0.6) is 0 Å². The van der Waals surface area contributed by atoms with Gasteiger partial charge in [0.2, 0.25) is 11.8 Å². The van der Waals surface area contributed by atoms with Crippen molar-refractivity contribution in [1.82, 2.24) is 4.90 Å². The summed E-state index contributed by atoms with van der Waals surface area (Å²) in [6, 6.07) is 0. The molecule has 2 amide bonds. The summed E-state index contributed by atoms with van der Waals surface area (Å²) >= 11 is 0. The topological polar surface area (TPSA) is 46.6 Å². The van der Waals surface area contributed by atoms with Gasteiger partial charge in [-0.05, 0) is 6.42 Å². The summed E-state index contributed by atoms with van der Waals surface area (Å²) in [6.45, 7) is 2.52. The van der Waals surface area contributed by atoms with Crippen molar-refractivity contribution >= 4 is 11.8 Å². The van der Waals surface area contributed by atoms with Gasteiger partial charge in [0, 0.05) is 6.54 Å². The van der Waals surface area contributed by atoms with E-state index in [9.17, 15) is 9.59 Å². The third-order valence-corrected chi connectivity index (χ3v) is 3.45. The van der Waals surface area contributed by atoms with Crippen LogP contribution < -0.4 is 0 Å². The average molecular weight is 207 g/mol. The number of imide groups is 1. The summed E-state index contributed by atoms with van der Waals surface area (Å²) in [4.78, 5) is 25.3. The number of rotatable bonds is 2. The number of amides is 2. The van der Waals surface area contributed by atoms with Gasteiger partial charge in [-0.25, -0.2) is 0 Å². The minimum atomic E-state index is -0.237. The van der Waals surface area contributed by atoms with Gasteiger partial charge in [-0.3, -0.25) is 14.5 Å². The molecule has 0 aromatic carbocycles. The van der Waals surface area contributed by atoms with E-state index in [2.05, 4.69) is 0 Å². The molecule has 2 bridgehead atoms. The summed E-state index contributed by atoms with van der Waals surface area (Å²) in [5, 5.41) is 0. The van der Waals surface area contributed by atoms with Crippen molar-refractivity contribution in [2.45, 2.75) is 25.6 Å². The van der Waals surface area contributed by atoms with Gasteiger partial charge in [0.15, 0.2) is 0 Å². The molecule has 0 saturated carbocycles. The molecule has 4 nitrogen and oxygen atoms in total. The van der Waals surface area contributed by atoms with Gasteiger partial charge >= 0.3 is 0 Å². The predicted molar refractivity (Wildman–Crippen MR) is 51.8 cm³/mol. The first-order valence-electron chi connectivity index (χ1n) is 5.43. The summed E-state index contributed by atoms with van der Waals surface area (Å²) in [5.74, 6) is -0.550. The molecular formula is C11H13NO3. The Kier molecular flexibility index (Phi) is 1.77. The minimum absolute atomic E-state index is 0.0382. The molecule has 0 aromatic heterocycles. The molecule has 2 fully saturated rings. The average Bonchev–Trinajstić information content (AvgIpc) is 2.87. The Hall–Kier alpha value is -1.16. The van der Waals surface area contributed by atoms with Gasteiger partial charge in [0.1, 0.15) is 0 Å². The summed E-state index contributed by atoms with van der Waals surface area (Å²) in [5.41, 5.74) is 0. The van der Waals surface area contributed by atoms with Crippen LogP contribution in [0.1, 0.15) is 13.3 Å². The molecule has 0 unspecified atom stereocenters. The second-order valence-corrected chi connectivity index (χ2v) is 4.33. The van der Waals surface area contributed by atoms with E-state index < -0.39 is 0 Å². The molecule has 2 saturated heterocycles. The molecule has 3 aliphatic rings. The normalized spacial score (nSPS) is 41.8. The fourth-order valence-electron chi connectivity index (χ4n) is 2.81. The molecule has 3 heterocycles. The van der Waals surface area contributed by atoms with Crippen molar-refractivity contribution < 1.29 is 14.3 Å². The van der Waals surface area contributed by atoms with Crippen LogP contribution in [0.4, 0.5) is 0 Å². The molecule has 3 rings (SSSR count). The first-order valence-corrected chi connectivity index (χ1v) is 5.43. The Bertz CT molecular complexity index is 333. The second kappa shape index (κ2) is 2.92. The molecule has 3 aliphatic heterocycles. The van der Waals surface area contributed by atoms with Crippen molar-refractivity contribution in [3.05, 3.63) is 12.2 Å². The zero-order valence-electron chi connectivity index (χ0n) is 8.55. The van der Waals surface area contributed by atoms with Crippen LogP contribution >= 0.6 is 0 Å². The Labute approximate surface area is 87.9 Å². The highest BCUT2D eigenvalue weighted by atomic mass is 16.5. The Balaban J connectivity index is 1.93. The van der Waals surface area contributed by atoms with E-state index in [0.717, 1.165) is 6.42 Å². The van der Waals surface area contributed by atoms with E-state index in [1.807, 2.05) is 19.1 Å². The second-order valence-electron chi connectivity index (χ2n) is 4.33. The Morgan fingerprint density at radius 2 is 1.73 bits per heavy atom. The fourth-order valence-corrected chi connectivity index (χ4v) is 2.81. The van der Waals surface area contributed by atoms with Crippen molar-refractivity contribution in [2.75, 3.05) is 6.54 Å². The zero-order valence-corrected chi connectivity index (χ0v) is 8.55. The lowest BCUT2D eigenvalue weighted by Gasteiger charge is -2.16. The molecule has 0 radical (unpaired) electrons. The lowest BCUT2D eigenvalue weighted by atomic mass is 9.85. The quantitative estimate of drug-likeness (QED) is 0.484. The molecule has 80 valence electrons. The summed E-state index contributed by atoms with van der Waals surface area (Å²) in [6.07, 6.45) is 4.33. The summed E-state index contributed by atoms with van der Waals surface area (Å²) in [7, 11) is 0. The summed E-state index contributed by atoms with van der Waals surface area (Å²) < 4.78 is 5.53. The number of fused-ring (bicyclic) bond motifs is 5. The third kappa shape index (κ3) is 1.00. The van der Waals surface area contributed by atoms with Crippen molar-refractivity contribution in [3.8, 4) is 0 Å². The first-order chi connectivity index (χ1) is 7.24. The van der Waals surface area contributed by atoms with Crippen LogP contribution in [-0.4, -0.2) is 35.5 Å². The molecule has 0 aromatic rings. The van der Waals surface area contributed by atoms with E-state index in [1.54, 1.807) is 0 Å². The Morgan fingerprint density at radius 3 is 2.20 bits per heavy atom. The number of hydrogen-bond donors (Lipinski definition) is 0. The molecule has 0 spiro atoms. The van der Waals surface area contributed by atoms with Gasteiger partial charge in [0.05, 0.1) is 24.0 Å². The highest BCUT2D eigenvalue weighted by Crippen LogP contribution is 2.44. The van der Waals surface area contributed by atoms with Crippen LogP contribution in [0.3, 0.4) is 0 Å². The highest BCUT2D eigenvalue weighted by Gasteiger charge is 2.60. The number of likely N-dealkylation sites (tertiary alicyclic amines) is 1. The fraction of sp³-hybridized carbons (Fsp3) is 0.636. The minimum Gasteiger partial charge on any atom is -0.365 e. The predicted octanol–water partition coefficient (Wildman–Crippen LogP) is 0.335. The molecule has 0 aliphatic carbocycles. The molecule has 4 heteroatoms. The largest absolute Gasteiger partial charge is 0.365 e. The van der Waals surface area contributed by atoms with Crippen molar-refractivity contribution in [2.24, 2.45) is 11.8 Å². The highest BCUT2D eigenvalue weighted by molar-refractivity contribution is 6.06. The van der Waals surface area contributed by atoms with Gasteiger partial charge < -0.3 is 4.74 Å². The van der Waals surface area contributed by atoms with Gasteiger partial charge in [-0.15, -0.1) is 0 Å². The van der Waals surface area contributed by atoms with Crippen molar-refractivity contribution in [3.63, 3.8) is 0 Å². The zero-order chi connectivity index (χ0) is 10.6. The van der Waals surface area contributed by atoms with Crippen LogP contribution in [0.25, 0.3) is 0 Å². The van der Waals surface area contributed by atoms with E-state index in [0.29, 0.717) is 6.54 Å². The SMILES string of the molecule is CCCN1C(=O)[C@@H]2[C@H](C1=O)[C@H]1C=C[C@@H]2O1. The van der Waals surface area contributed by atoms with Crippen molar-refractivity contribution in [1.29, 1.82) is 0 Å². The maximum absolute atomic E-state index is 12.0. The van der Waals surface area contributed by atoms with Crippen LogP contribution in [-0.2, 0) is 14.3 Å². The molecular weight excluding hydrogens is 194 g/mol. The van der Waals surface area contributed by atoms with Gasteiger partial charge in [0.25, 0.3) is 0 Å². The maximum atomic E-state index is 12.0. The number of hydrogen-bond acceptors (Lipinski definition) is 3. The monoisotopic (exact) mass is 207 g/mol. The lowest BCUT2D eigenvalue weighted by Crippen LogP contribution is -2.34. The number of carbonyl (C=O) groups excluding carboxylic acids is 2. The smallest absolute Gasteiger partial charge is 0.236 e. The Morgan fingerprint density at radius 1 is 1.20 bits per heavy atom. The number of ether oxygens (including phenoxy) is 1. The maximum Gasteiger partial charge on any atom is 0.236 e. The van der Waals surface area contributed by atoms with E-state index >= 15 is 0 Å². The number of carbonyl (C=O) groups is 2.